The van der Waals surface area contributed by atoms with E-state index in [2.05, 4.69) is 0 Å². The second-order valence-electron chi connectivity index (χ2n) is 7.03. The number of amides is 2. The van der Waals surface area contributed by atoms with Gasteiger partial charge in [-0.2, -0.15) is 0 Å². The molecule has 9 heteroatoms. The molecule has 2 aliphatic rings. The zero-order valence-electron chi connectivity index (χ0n) is 15.2. The Morgan fingerprint density at radius 3 is 2.21 bits per heavy atom. The molecule has 2 saturated heterocycles. The molecule has 2 atom stereocenters. The number of anilines is 2. The Morgan fingerprint density at radius 2 is 1.64 bits per heavy atom. The van der Waals surface area contributed by atoms with Crippen molar-refractivity contribution in [3.63, 3.8) is 0 Å². The number of nitro benzene ring substituents is 1. The molecular formula is C19H19N3O5S. The molecule has 0 saturated carbocycles. The fraction of sp³-hybridized carbons (Fsp3) is 0.316. The molecule has 28 heavy (non-hydrogen) atoms. The van der Waals surface area contributed by atoms with Crippen molar-refractivity contribution < 1.29 is 18.1 Å². The monoisotopic (exact) mass is 401 g/mol. The molecule has 2 fully saturated rings. The fourth-order valence-electron chi connectivity index (χ4n) is 3.96. The van der Waals surface area contributed by atoms with E-state index < -0.39 is 26.8 Å². The van der Waals surface area contributed by atoms with Crippen LogP contribution in [0.3, 0.4) is 0 Å². The SMILES string of the molecule is CCc1ccc(N2C(=O)N(c3cccc([N+](=O)[O-])c3)[C@@H]3CS(=O)(=O)C[C@H]32)cc1. The summed E-state index contributed by atoms with van der Waals surface area (Å²) in [5.41, 5.74) is 1.93. The van der Waals surface area contributed by atoms with E-state index >= 15 is 0 Å². The van der Waals surface area contributed by atoms with Crippen LogP contribution in [0.5, 0.6) is 0 Å². The van der Waals surface area contributed by atoms with Gasteiger partial charge in [0.2, 0.25) is 0 Å². The van der Waals surface area contributed by atoms with Crippen LogP contribution in [0, 0.1) is 10.1 Å². The van der Waals surface area contributed by atoms with E-state index in [0.717, 1.165) is 12.0 Å². The van der Waals surface area contributed by atoms with Gasteiger partial charge in [0, 0.05) is 17.8 Å². The van der Waals surface area contributed by atoms with Crippen molar-refractivity contribution in [2.45, 2.75) is 25.4 Å². The van der Waals surface area contributed by atoms with Crippen molar-refractivity contribution in [1.82, 2.24) is 0 Å². The van der Waals surface area contributed by atoms with E-state index in [0.29, 0.717) is 11.4 Å². The number of benzene rings is 2. The van der Waals surface area contributed by atoms with Crippen LogP contribution in [0.15, 0.2) is 48.5 Å². The number of fused-ring (bicyclic) bond motifs is 1. The number of hydrogen-bond acceptors (Lipinski definition) is 5. The summed E-state index contributed by atoms with van der Waals surface area (Å²) >= 11 is 0. The lowest BCUT2D eigenvalue weighted by Crippen LogP contribution is -2.37. The van der Waals surface area contributed by atoms with E-state index in [1.807, 2.05) is 31.2 Å². The van der Waals surface area contributed by atoms with Crippen LogP contribution in [0.4, 0.5) is 21.9 Å². The molecule has 0 aliphatic carbocycles. The van der Waals surface area contributed by atoms with Gasteiger partial charge in [-0.1, -0.05) is 25.1 Å². The Kier molecular flexibility index (Phi) is 4.34. The summed E-state index contributed by atoms with van der Waals surface area (Å²) in [6.07, 6.45) is 0.856. The van der Waals surface area contributed by atoms with E-state index in [9.17, 15) is 23.3 Å². The second-order valence-corrected chi connectivity index (χ2v) is 9.18. The number of carbonyl (C=O) groups excluding carboxylic acids is 1. The quantitative estimate of drug-likeness (QED) is 0.445. The van der Waals surface area contributed by atoms with Gasteiger partial charge in [-0.05, 0) is 30.2 Å². The summed E-state index contributed by atoms with van der Waals surface area (Å²) < 4.78 is 24.6. The number of aryl methyl sites for hydroxylation is 1. The molecule has 0 bridgehead atoms. The molecule has 0 N–H and O–H groups in total. The number of carbonyl (C=O) groups is 1. The number of nitro groups is 1. The van der Waals surface area contributed by atoms with Crippen LogP contribution in [-0.4, -0.2) is 43.0 Å². The fourth-order valence-corrected chi connectivity index (χ4v) is 5.88. The predicted molar refractivity (Wildman–Crippen MR) is 106 cm³/mol. The normalized spacial score (nSPS) is 23.1. The zero-order valence-corrected chi connectivity index (χ0v) is 16.0. The van der Waals surface area contributed by atoms with Crippen LogP contribution in [-0.2, 0) is 16.3 Å². The third-order valence-corrected chi connectivity index (χ3v) is 7.01. The van der Waals surface area contributed by atoms with Crippen LogP contribution in [0.25, 0.3) is 0 Å². The minimum absolute atomic E-state index is 0.121. The Labute approximate surface area is 162 Å². The highest BCUT2D eigenvalue weighted by atomic mass is 32.2. The molecule has 146 valence electrons. The highest BCUT2D eigenvalue weighted by molar-refractivity contribution is 7.91. The highest BCUT2D eigenvalue weighted by Gasteiger charge is 2.54. The number of nitrogens with zero attached hydrogens (tertiary/aromatic N) is 3. The maximum absolute atomic E-state index is 13.3. The van der Waals surface area contributed by atoms with Gasteiger partial charge >= 0.3 is 6.03 Å². The summed E-state index contributed by atoms with van der Waals surface area (Å²) in [5, 5.41) is 11.1. The first kappa shape index (κ1) is 18.4. The molecule has 4 rings (SSSR count). The lowest BCUT2D eigenvalue weighted by atomic mass is 10.1. The molecule has 2 aromatic carbocycles. The first-order chi connectivity index (χ1) is 13.3. The standard InChI is InChI=1S/C19H19N3O5S/c1-2-13-6-8-14(9-7-13)20-17-11-28(26,27)12-18(17)21(19(20)23)15-4-3-5-16(10-15)22(24)25/h3-10,17-18H,2,11-12H2,1H3/t17-,18-/m1/s1. The summed E-state index contributed by atoms with van der Waals surface area (Å²) in [6.45, 7) is 2.03. The minimum atomic E-state index is -3.32. The molecule has 0 radical (unpaired) electrons. The van der Waals surface area contributed by atoms with Crippen molar-refractivity contribution in [3.05, 3.63) is 64.2 Å². The van der Waals surface area contributed by atoms with Crippen LogP contribution in [0.2, 0.25) is 0 Å². The van der Waals surface area contributed by atoms with E-state index in [-0.39, 0.29) is 23.2 Å². The second kappa shape index (κ2) is 6.59. The van der Waals surface area contributed by atoms with Gasteiger partial charge in [0.25, 0.3) is 5.69 Å². The van der Waals surface area contributed by atoms with Crippen LogP contribution in [0.1, 0.15) is 12.5 Å². The number of sulfone groups is 1. The molecule has 2 amide bonds. The van der Waals surface area contributed by atoms with Gasteiger partial charge in [0.15, 0.2) is 9.84 Å². The maximum atomic E-state index is 13.3. The van der Waals surface area contributed by atoms with Crippen molar-refractivity contribution in [2.75, 3.05) is 21.3 Å². The van der Waals surface area contributed by atoms with Crippen LogP contribution >= 0.6 is 0 Å². The first-order valence-electron chi connectivity index (χ1n) is 8.97. The predicted octanol–water partition coefficient (Wildman–Crippen LogP) is 2.77. The molecule has 0 spiro atoms. The van der Waals surface area contributed by atoms with Gasteiger partial charge in [-0.3, -0.25) is 19.9 Å². The smallest absolute Gasteiger partial charge is 0.288 e. The third-order valence-electron chi connectivity index (χ3n) is 5.31. The lowest BCUT2D eigenvalue weighted by Gasteiger charge is -2.22. The molecular weight excluding hydrogens is 382 g/mol. The number of non-ortho nitro benzene ring substituents is 1. The first-order valence-corrected chi connectivity index (χ1v) is 10.8. The van der Waals surface area contributed by atoms with Gasteiger partial charge < -0.3 is 0 Å². The summed E-state index contributed by atoms with van der Waals surface area (Å²) in [6, 6.07) is 11.7. The Morgan fingerprint density at radius 1 is 1.04 bits per heavy atom. The van der Waals surface area contributed by atoms with Gasteiger partial charge in [0.05, 0.1) is 34.2 Å². The molecule has 0 aromatic heterocycles. The average Bonchev–Trinajstić information content (AvgIpc) is 3.10. The van der Waals surface area contributed by atoms with Crippen molar-refractivity contribution in [3.8, 4) is 0 Å². The summed E-state index contributed by atoms with van der Waals surface area (Å²) in [5.74, 6) is -0.278. The summed E-state index contributed by atoms with van der Waals surface area (Å²) in [4.78, 5) is 26.7. The molecule has 2 aromatic rings. The number of hydrogen-bond donors (Lipinski definition) is 0. The number of urea groups is 1. The maximum Gasteiger partial charge on any atom is 0.329 e. The van der Waals surface area contributed by atoms with Gasteiger partial charge in [-0.15, -0.1) is 0 Å². The Bertz CT molecular complexity index is 1050. The summed E-state index contributed by atoms with van der Waals surface area (Å²) in [7, 11) is -3.32. The third kappa shape index (κ3) is 3.01. The molecule has 2 aliphatic heterocycles. The van der Waals surface area contributed by atoms with Crippen molar-refractivity contribution >= 4 is 32.9 Å². The van der Waals surface area contributed by atoms with Crippen LogP contribution < -0.4 is 9.80 Å². The number of rotatable bonds is 4. The van der Waals surface area contributed by atoms with Crippen molar-refractivity contribution in [2.24, 2.45) is 0 Å². The van der Waals surface area contributed by atoms with E-state index in [1.165, 1.54) is 28.0 Å². The minimum Gasteiger partial charge on any atom is -0.288 e. The topological polar surface area (TPSA) is 101 Å². The van der Waals surface area contributed by atoms with Gasteiger partial charge in [-0.25, -0.2) is 13.2 Å². The lowest BCUT2D eigenvalue weighted by molar-refractivity contribution is -0.384. The molecule has 2 heterocycles. The largest absolute Gasteiger partial charge is 0.329 e. The van der Waals surface area contributed by atoms with Crippen molar-refractivity contribution in [1.29, 1.82) is 0 Å². The highest BCUT2D eigenvalue weighted by Crippen LogP contribution is 2.38. The Hall–Kier alpha value is -2.94. The van der Waals surface area contributed by atoms with Gasteiger partial charge in [0.1, 0.15) is 0 Å². The molecule has 8 nitrogen and oxygen atoms in total. The van der Waals surface area contributed by atoms with E-state index in [4.69, 9.17) is 0 Å². The van der Waals surface area contributed by atoms with E-state index in [1.54, 1.807) is 6.07 Å². The average molecular weight is 401 g/mol. The zero-order chi connectivity index (χ0) is 20.1. The Balaban J connectivity index is 1.78. The molecule has 0 unspecified atom stereocenters.